The second-order valence-electron chi connectivity index (χ2n) is 4.49. The fourth-order valence-electron chi connectivity index (χ4n) is 1.59. The lowest BCUT2D eigenvalue weighted by molar-refractivity contribution is 0.00898. The van der Waals surface area contributed by atoms with E-state index < -0.39 is 6.10 Å². The van der Waals surface area contributed by atoms with Gasteiger partial charge in [-0.05, 0) is 30.0 Å². The molecule has 1 aromatic rings. The van der Waals surface area contributed by atoms with Crippen molar-refractivity contribution in [2.24, 2.45) is 0 Å². The first-order valence-electron chi connectivity index (χ1n) is 6.17. The van der Waals surface area contributed by atoms with Gasteiger partial charge >= 0.3 is 0 Å². The van der Waals surface area contributed by atoms with Crippen molar-refractivity contribution < 1.29 is 14.6 Å². The first-order chi connectivity index (χ1) is 9.06. The van der Waals surface area contributed by atoms with E-state index >= 15 is 0 Å². The van der Waals surface area contributed by atoms with E-state index in [-0.39, 0.29) is 6.61 Å². The number of hydrogen-bond acceptors (Lipinski definition) is 5. The normalized spacial score (nSPS) is 13.2. The highest BCUT2D eigenvalue weighted by atomic mass is 79.9. The minimum absolute atomic E-state index is 0.232. The minimum atomic E-state index is -0.698. The summed E-state index contributed by atoms with van der Waals surface area (Å²) in [5.74, 6) is 0. The van der Waals surface area contributed by atoms with Crippen LogP contribution < -0.4 is 0 Å². The smallest absolute Gasteiger partial charge is 0.120 e. The number of hydrogen-bond donors (Lipinski definition) is 1. The van der Waals surface area contributed by atoms with Gasteiger partial charge in [-0.2, -0.15) is 5.10 Å². The maximum Gasteiger partial charge on any atom is 0.120 e. The first-order valence-corrected chi connectivity index (χ1v) is 6.96. The van der Waals surface area contributed by atoms with E-state index in [4.69, 9.17) is 9.47 Å². The summed E-state index contributed by atoms with van der Waals surface area (Å²) in [6.07, 6.45) is 1.000. The van der Waals surface area contributed by atoms with Crippen LogP contribution in [0.3, 0.4) is 0 Å². The van der Waals surface area contributed by atoms with Gasteiger partial charge in [-0.1, -0.05) is 0 Å². The Morgan fingerprint density at radius 1 is 1.47 bits per heavy atom. The molecule has 1 heterocycles. The van der Waals surface area contributed by atoms with E-state index in [1.54, 1.807) is 18.0 Å². The Morgan fingerprint density at radius 3 is 2.84 bits per heavy atom. The summed E-state index contributed by atoms with van der Waals surface area (Å²) < 4.78 is 12.8. The molecule has 1 rings (SSSR count). The minimum Gasteiger partial charge on any atom is -0.384 e. The van der Waals surface area contributed by atoms with Crippen LogP contribution in [0.2, 0.25) is 0 Å². The standard InChI is InChI=1S/C12H22BrN3O3/c1-15(2)4-5-16-12(10(13)8-14-16)11(17)9-19-7-6-18-3/h8,11,17H,4-7,9H2,1-3H3. The Hall–Kier alpha value is -0.470. The Morgan fingerprint density at radius 2 is 2.21 bits per heavy atom. The number of ether oxygens (including phenoxy) is 2. The van der Waals surface area contributed by atoms with E-state index in [0.717, 1.165) is 23.3 Å². The molecule has 0 aliphatic carbocycles. The third-order valence-electron chi connectivity index (χ3n) is 2.62. The van der Waals surface area contributed by atoms with Gasteiger partial charge < -0.3 is 19.5 Å². The van der Waals surface area contributed by atoms with Gasteiger partial charge in [0.25, 0.3) is 0 Å². The zero-order chi connectivity index (χ0) is 14.3. The van der Waals surface area contributed by atoms with Gasteiger partial charge in [-0.25, -0.2) is 0 Å². The SMILES string of the molecule is COCCOCC(O)c1c(Br)cnn1CCN(C)C. The summed E-state index contributed by atoms with van der Waals surface area (Å²) in [6, 6.07) is 0. The van der Waals surface area contributed by atoms with Crippen LogP contribution in [0.15, 0.2) is 10.7 Å². The van der Waals surface area contributed by atoms with Gasteiger partial charge in [-0.15, -0.1) is 0 Å². The Kier molecular flexibility index (Phi) is 7.55. The predicted octanol–water partition coefficient (Wildman–Crippen LogP) is 0.904. The van der Waals surface area contributed by atoms with Gasteiger partial charge in [0.15, 0.2) is 0 Å². The molecule has 1 atom stereocenters. The molecular weight excluding hydrogens is 314 g/mol. The zero-order valence-electron chi connectivity index (χ0n) is 11.7. The molecule has 0 aromatic carbocycles. The van der Waals surface area contributed by atoms with Crippen LogP contribution in [-0.4, -0.2) is 67.4 Å². The molecule has 0 spiro atoms. The molecular formula is C12H22BrN3O3. The molecule has 0 fully saturated rings. The van der Waals surface area contributed by atoms with Crippen LogP contribution in [0.25, 0.3) is 0 Å². The van der Waals surface area contributed by atoms with Crippen molar-refractivity contribution in [1.82, 2.24) is 14.7 Å². The summed E-state index contributed by atoms with van der Waals surface area (Å²) in [4.78, 5) is 2.07. The monoisotopic (exact) mass is 335 g/mol. The average Bonchev–Trinajstić information content (AvgIpc) is 2.73. The Balaban J connectivity index is 2.56. The van der Waals surface area contributed by atoms with Crippen LogP contribution in [-0.2, 0) is 16.0 Å². The lowest BCUT2D eigenvalue weighted by atomic mass is 10.2. The van der Waals surface area contributed by atoms with Crippen molar-refractivity contribution in [1.29, 1.82) is 0 Å². The van der Waals surface area contributed by atoms with Crippen LogP contribution >= 0.6 is 15.9 Å². The molecule has 0 bridgehead atoms. The second kappa shape index (κ2) is 8.65. The molecule has 1 aromatic heterocycles. The molecule has 7 heteroatoms. The fourth-order valence-corrected chi connectivity index (χ4v) is 2.15. The summed E-state index contributed by atoms with van der Waals surface area (Å²) in [7, 11) is 5.62. The number of likely N-dealkylation sites (N-methyl/N-ethyl adjacent to an activating group) is 1. The van der Waals surface area contributed by atoms with Gasteiger partial charge in [0.2, 0.25) is 0 Å². The molecule has 0 radical (unpaired) electrons. The molecule has 6 nitrogen and oxygen atoms in total. The molecule has 110 valence electrons. The number of rotatable bonds is 9. The van der Waals surface area contributed by atoms with Crippen molar-refractivity contribution in [2.75, 3.05) is 47.6 Å². The summed E-state index contributed by atoms with van der Waals surface area (Å²) in [5.41, 5.74) is 0.749. The molecule has 1 N–H and O–H groups in total. The largest absolute Gasteiger partial charge is 0.384 e. The number of nitrogens with zero attached hydrogens (tertiary/aromatic N) is 3. The topological polar surface area (TPSA) is 59.8 Å². The number of aliphatic hydroxyl groups is 1. The quantitative estimate of drug-likeness (QED) is 0.679. The van der Waals surface area contributed by atoms with Crippen molar-refractivity contribution in [3.05, 3.63) is 16.4 Å². The first kappa shape index (κ1) is 16.6. The van der Waals surface area contributed by atoms with Crippen LogP contribution in [0.4, 0.5) is 0 Å². The lowest BCUT2D eigenvalue weighted by Gasteiger charge is -2.16. The molecule has 0 aliphatic heterocycles. The van der Waals surface area contributed by atoms with E-state index in [1.807, 2.05) is 14.1 Å². The number of halogens is 1. The maximum atomic E-state index is 10.2. The van der Waals surface area contributed by atoms with E-state index in [9.17, 15) is 5.11 Å². The van der Waals surface area contributed by atoms with E-state index in [0.29, 0.717) is 13.2 Å². The number of aromatic nitrogens is 2. The zero-order valence-corrected chi connectivity index (χ0v) is 13.3. The highest BCUT2D eigenvalue weighted by Gasteiger charge is 2.18. The average molecular weight is 336 g/mol. The lowest BCUT2D eigenvalue weighted by Crippen LogP contribution is -2.22. The van der Waals surface area contributed by atoms with Crippen molar-refractivity contribution >= 4 is 15.9 Å². The molecule has 0 amide bonds. The number of methoxy groups -OCH3 is 1. The van der Waals surface area contributed by atoms with E-state index in [1.165, 1.54) is 0 Å². The highest BCUT2D eigenvalue weighted by Crippen LogP contribution is 2.23. The Bertz CT molecular complexity index is 371. The maximum absolute atomic E-state index is 10.2. The Labute approximate surface area is 122 Å². The van der Waals surface area contributed by atoms with Crippen molar-refractivity contribution in [3.63, 3.8) is 0 Å². The molecule has 0 aliphatic rings. The summed E-state index contributed by atoms with van der Waals surface area (Å²) in [6.45, 7) is 2.81. The third kappa shape index (κ3) is 5.58. The molecule has 0 saturated heterocycles. The summed E-state index contributed by atoms with van der Waals surface area (Å²) >= 11 is 3.41. The van der Waals surface area contributed by atoms with Gasteiger partial charge in [0.1, 0.15) is 6.10 Å². The van der Waals surface area contributed by atoms with Crippen LogP contribution in [0.1, 0.15) is 11.8 Å². The molecule has 1 unspecified atom stereocenters. The van der Waals surface area contributed by atoms with Crippen molar-refractivity contribution in [3.8, 4) is 0 Å². The van der Waals surface area contributed by atoms with Crippen LogP contribution in [0, 0.1) is 0 Å². The molecule has 0 saturated carbocycles. The summed E-state index contributed by atoms with van der Waals surface area (Å²) in [5, 5.41) is 14.4. The fraction of sp³-hybridized carbons (Fsp3) is 0.750. The molecule has 19 heavy (non-hydrogen) atoms. The van der Waals surface area contributed by atoms with E-state index in [2.05, 4.69) is 25.9 Å². The second-order valence-corrected chi connectivity index (χ2v) is 5.34. The van der Waals surface area contributed by atoms with Crippen LogP contribution in [0.5, 0.6) is 0 Å². The highest BCUT2D eigenvalue weighted by molar-refractivity contribution is 9.10. The van der Waals surface area contributed by atoms with Gasteiger partial charge in [0, 0.05) is 13.7 Å². The van der Waals surface area contributed by atoms with Crippen molar-refractivity contribution in [2.45, 2.75) is 12.6 Å². The third-order valence-corrected chi connectivity index (χ3v) is 3.23. The number of aliphatic hydroxyl groups excluding tert-OH is 1. The predicted molar refractivity (Wildman–Crippen MR) is 76.1 cm³/mol. The van der Waals surface area contributed by atoms with Gasteiger partial charge in [0.05, 0.1) is 42.7 Å². The van der Waals surface area contributed by atoms with Gasteiger partial charge in [-0.3, -0.25) is 4.68 Å².